The Hall–Kier alpha value is -1.36. The molecule has 1 fully saturated rings. The highest BCUT2D eigenvalue weighted by Crippen LogP contribution is 2.09. The zero-order valence-corrected chi connectivity index (χ0v) is 9.57. The molecule has 2 rings (SSSR count). The van der Waals surface area contributed by atoms with Crippen molar-refractivity contribution in [1.29, 1.82) is 0 Å². The fourth-order valence-electron chi connectivity index (χ4n) is 1.97. The standard InChI is InChI=1S/C11H18N4O/c1-15-10(4-6-14-15)8-13-11(16)9-3-2-5-12-7-9/h4,6,9,12H,2-3,5,7-8H2,1H3,(H,13,16). The lowest BCUT2D eigenvalue weighted by atomic mass is 9.99. The highest BCUT2D eigenvalue weighted by molar-refractivity contribution is 5.78. The number of hydrogen-bond donors (Lipinski definition) is 2. The van der Waals surface area contributed by atoms with Gasteiger partial charge in [-0.05, 0) is 25.5 Å². The van der Waals surface area contributed by atoms with Crippen LogP contribution in [0.25, 0.3) is 0 Å². The van der Waals surface area contributed by atoms with Crippen molar-refractivity contribution in [2.24, 2.45) is 13.0 Å². The molecule has 0 saturated carbocycles. The van der Waals surface area contributed by atoms with E-state index in [1.165, 1.54) is 0 Å². The fourth-order valence-corrected chi connectivity index (χ4v) is 1.97. The van der Waals surface area contributed by atoms with Crippen LogP contribution in [0.2, 0.25) is 0 Å². The molecule has 88 valence electrons. The molecular formula is C11H18N4O. The van der Waals surface area contributed by atoms with Crippen molar-refractivity contribution in [3.05, 3.63) is 18.0 Å². The first-order valence-electron chi connectivity index (χ1n) is 5.72. The molecule has 0 aliphatic carbocycles. The molecule has 1 aliphatic rings. The number of aromatic nitrogens is 2. The molecule has 1 aliphatic heterocycles. The van der Waals surface area contributed by atoms with Gasteiger partial charge in [-0.25, -0.2) is 0 Å². The van der Waals surface area contributed by atoms with Crippen LogP contribution in [0.1, 0.15) is 18.5 Å². The van der Waals surface area contributed by atoms with E-state index in [-0.39, 0.29) is 11.8 Å². The van der Waals surface area contributed by atoms with E-state index >= 15 is 0 Å². The van der Waals surface area contributed by atoms with E-state index in [1.807, 2.05) is 13.1 Å². The van der Waals surface area contributed by atoms with Crippen molar-refractivity contribution in [3.8, 4) is 0 Å². The maximum atomic E-state index is 11.8. The van der Waals surface area contributed by atoms with Gasteiger partial charge in [0, 0.05) is 19.8 Å². The van der Waals surface area contributed by atoms with E-state index in [4.69, 9.17) is 0 Å². The first-order chi connectivity index (χ1) is 7.77. The van der Waals surface area contributed by atoms with Gasteiger partial charge in [-0.2, -0.15) is 5.10 Å². The lowest BCUT2D eigenvalue weighted by Crippen LogP contribution is -2.40. The number of aryl methyl sites for hydroxylation is 1. The van der Waals surface area contributed by atoms with Gasteiger partial charge in [-0.3, -0.25) is 9.48 Å². The third kappa shape index (κ3) is 2.61. The smallest absolute Gasteiger partial charge is 0.224 e. The quantitative estimate of drug-likeness (QED) is 0.759. The molecule has 5 nitrogen and oxygen atoms in total. The second-order valence-corrected chi connectivity index (χ2v) is 4.21. The van der Waals surface area contributed by atoms with Crippen molar-refractivity contribution < 1.29 is 4.79 Å². The third-order valence-corrected chi connectivity index (χ3v) is 3.03. The van der Waals surface area contributed by atoms with Crippen molar-refractivity contribution in [3.63, 3.8) is 0 Å². The Balaban J connectivity index is 1.81. The third-order valence-electron chi connectivity index (χ3n) is 3.03. The molecule has 2 heterocycles. The van der Waals surface area contributed by atoms with Crippen LogP contribution in [0.4, 0.5) is 0 Å². The van der Waals surface area contributed by atoms with Crippen LogP contribution in [0.3, 0.4) is 0 Å². The molecule has 1 atom stereocenters. The number of hydrogen-bond acceptors (Lipinski definition) is 3. The van der Waals surface area contributed by atoms with E-state index < -0.39 is 0 Å². The number of carbonyl (C=O) groups excluding carboxylic acids is 1. The first-order valence-corrected chi connectivity index (χ1v) is 5.72. The molecular weight excluding hydrogens is 204 g/mol. The van der Waals surface area contributed by atoms with Crippen molar-refractivity contribution in [2.45, 2.75) is 19.4 Å². The Morgan fingerprint density at radius 3 is 3.25 bits per heavy atom. The normalized spacial score (nSPS) is 20.7. The molecule has 0 spiro atoms. The van der Waals surface area contributed by atoms with E-state index in [1.54, 1.807) is 10.9 Å². The summed E-state index contributed by atoms with van der Waals surface area (Å²) in [5.41, 5.74) is 1.03. The first kappa shape index (κ1) is 11.1. The van der Waals surface area contributed by atoms with Crippen LogP contribution in [0, 0.1) is 5.92 Å². The second-order valence-electron chi connectivity index (χ2n) is 4.21. The summed E-state index contributed by atoms with van der Waals surface area (Å²) in [6.45, 7) is 2.40. The summed E-state index contributed by atoms with van der Waals surface area (Å²) >= 11 is 0. The van der Waals surface area contributed by atoms with Crippen LogP contribution >= 0.6 is 0 Å². The Morgan fingerprint density at radius 1 is 1.75 bits per heavy atom. The predicted octanol–water partition coefficient (Wildman–Crippen LogP) is 0.0359. The fraction of sp³-hybridized carbons (Fsp3) is 0.636. The minimum Gasteiger partial charge on any atom is -0.350 e. The van der Waals surface area contributed by atoms with Gasteiger partial charge >= 0.3 is 0 Å². The van der Waals surface area contributed by atoms with Crippen molar-refractivity contribution in [2.75, 3.05) is 13.1 Å². The number of piperidine rings is 1. The van der Waals surface area contributed by atoms with Crippen LogP contribution < -0.4 is 10.6 Å². The number of nitrogens with zero attached hydrogens (tertiary/aromatic N) is 2. The summed E-state index contributed by atoms with van der Waals surface area (Å²) in [7, 11) is 1.88. The van der Waals surface area contributed by atoms with E-state index in [0.717, 1.165) is 31.6 Å². The van der Waals surface area contributed by atoms with Crippen LogP contribution in [0.5, 0.6) is 0 Å². The van der Waals surface area contributed by atoms with Gasteiger partial charge in [-0.15, -0.1) is 0 Å². The van der Waals surface area contributed by atoms with Gasteiger partial charge in [0.25, 0.3) is 0 Å². The lowest BCUT2D eigenvalue weighted by molar-refractivity contribution is -0.125. The highest BCUT2D eigenvalue weighted by atomic mass is 16.1. The zero-order valence-electron chi connectivity index (χ0n) is 9.57. The Morgan fingerprint density at radius 2 is 2.62 bits per heavy atom. The van der Waals surface area contributed by atoms with Gasteiger partial charge in [-0.1, -0.05) is 0 Å². The van der Waals surface area contributed by atoms with Crippen LogP contribution in [-0.2, 0) is 18.4 Å². The Labute approximate surface area is 95.2 Å². The Kier molecular flexibility index (Phi) is 3.56. The maximum Gasteiger partial charge on any atom is 0.224 e. The molecule has 5 heteroatoms. The minimum atomic E-state index is 0.127. The van der Waals surface area contributed by atoms with Gasteiger partial charge < -0.3 is 10.6 Å². The largest absolute Gasteiger partial charge is 0.350 e. The molecule has 1 unspecified atom stereocenters. The SMILES string of the molecule is Cn1nccc1CNC(=O)C1CCCNC1. The zero-order chi connectivity index (χ0) is 11.4. The van der Waals surface area contributed by atoms with Gasteiger partial charge in [0.1, 0.15) is 0 Å². The summed E-state index contributed by atoms with van der Waals surface area (Å²) in [6, 6.07) is 1.92. The average Bonchev–Trinajstić information content (AvgIpc) is 2.73. The molecule has 16 heavy (non-hydrogen) atoms. The topological polar surface area (TPSA) is 59.0 Å². The molecule has 1 aromatic heterocycles. The molecule has 1 saturated heterocycles. The van der Waals surface area contributed by atoms with Crippen LogP contribution in [0.15, 0.2) is 12.3 Å². The predicted molar refractivity (Wildman–Crippen MR) is 60.6 cm³/mol. The summed E-state index contributed by atoms with van der Waals surface area (Å²) in [5.74, 6) is 0.273. The number of carbonyl (C=O) groups is 1. The molecule has 1 amide bonds. The van der Waals surface area contributed by atoms with Crippen LogP contribution in [-0.4, -0.2) is 28.8 Å². The van der Waals surface area contributed by atoms with E-state index in [0.29, 0.717) is 6.54 Å². The molecule has 0 radical (unpaired) electrons. The molecule has 2 N–H and O–H groups in total. The Bertz CT molecular complexity index is 355. The summed E-state index contributed by atoms with van der Waals surface area (Å²) in [6.07, 6.45) is 3.82. The number of amides is 1. The van der Waals surface area contributed by atoms with Crippen molar-refractivity contribution >= 4 is 5.91 Å². The summed E-state index contributed by atoms with van der Waals surface area (Å²) in [5, 5.41) is 10.3. The van der Waals surface area contributed by atoms with Gasteiger partial charge in [0.2, 0.25) is 5.91 Å². The second kappa shape index (κ2) is 5.12. The van der Waals surface area contributed by atoms with E-state index in [9.17, 15) is 4.79 Å². The highest BCUT2D eigenvalue weighted by Gasteiger charge is 2.20. The average molecular weight is 222 g/mol. The van der Waals surface area contributed by atoms with Gasteiger partial charge in [0.05, 0.1) is 18.2 Å². The molecule has 0 aromatic carbocycles. The molecule has 0 bridgehead atoms. The number of rotatable bonds is 3. The summed E-state index contributed by atoms with van der Waals surface area (Å²) in [4.78, 5) is 11.8. The molecule has 1 aromatic rings. The minimum absolute atomic E-state index is 0.127. The maximum absolute atomic E-state index is 11.8. The number of nitrogens with one attached hydrogen (secondary N) is 2. The van der Waals surface area contributed by atoms with E-state index in [2.05, 4.69) is 15.7 Å². The monoisotopic (exact) mass is 222 g/mol. The summed E-state index contributed by atoms with van der Waals surface area (Å²) < 4.78 is 1.78. The lowest BCUT2D eigenvalue weighted by Gasteiger charge is -2.21. The van der Waals surface area contributed by atoms with Gasteiger partial charge in [0.15, 0.2) is 0 Å². The van der Waals surface area contributed by atoms with Crippen molar-refractivity contribution in [1.82, 2.24) is 20.4 Å².